The number of hydrogen-bond donors (Lipinski definition) is 3. The molecule has 62 valence electrons. The highest BCUT2D eigenvalue weighted by Gasteiger charge is 1.94. The first-order valence-corrected chi connectivity index (χ1v) is 4.45. The van der Waals surface area contributed by atoms with E-state index in [2.05, 4.69) is 41.1 Å². The van der Waals surface area contributed by atoms with Gasteiger partial charge in [-0.1, -0.05) is 0 Å². The van der Waals surface area contributed by atoms with Gasteiger partial charge in [0, 0.05) is 22.8 Å². The van der Waals surface area contributed by atoms with Crippen LogP contribution in [0.25, 0.3) is 10.9 Å². The minimum absolute atomic E-state index is 0.663. The fraction of sp³-hybridized carbons (Fsp3) is 0.111. The number of rotatable bonds is 2. The minimum atomic E-state index is 0.663. The molecule has 2 rings (SSSR count). The summed E-state index contributed by atoms with van der Waals surface area (Å²) in [4.78, 5) is 3.14. The molecule has 2 N–H and O–H groups in total. The molecule has 3 heteroatoms. The molecule has 0 atom stereocenters. The maximum absolute atomic E-state index is 4.09. The van der Waals surface area contributed by atoms with Crippen molar-refractivity contribution in [3.8, 4) is 0 Å². The van der Waals surface area contributed by atoms with Gasteiger partial charge in [-0.15, -0.1) is 0 Å². The highest BCUT2D eigenvalue weighted by Crippen LogP contribution is 2.17. The number of hydrogen-bond acceptors (Lipinski definition) is 2. The van der Waals surface area contributed by atoms with Gasteiger partial charge in [0.15, 0.2) is 0 Å². The Morgan fingerprint density at radius 1 is 1.33 bits per heavy atom. The lowest BCUT2D eigenvalue weighted by Gasteiger charge is -2.01. The molecule has 0 radical (unpaired) electrons. The summed E-state index contributed by atoms with van der Waals surface area (Å²) in [5.41, 5.74) is 2.27. The van der Waals surface area contributed by atoms with Gasteiger partial charge in [0.05, 0.1) is 5.88 Å². The first kappa shape index (κ1) is 7.55. The van der Waals surface area contributed by atoms with Gasteiger partial charge in [-0.3, -0.25) is 0 Å². The summed E-state index contributed by atoms with van der Waals surface area (Å²) >= 11 is 4.09. The molecule has 0 aliphatic rings. The van der Waals surface area contributed by atoms with Gasteiger partial charge in [-0.2, -0.15) is 12.6 Å². The van der Waals surface area contributed by atoms with Gasteiger partial charge in [-0.25, -0.2) is 0 Å². The predicted octanol–water partition coefficient (Wildman–Crippen LogP) is 2.47. The number of fused-ring (bicyclic) bond motifs is 1. The van der Waals surface area contributed by atoms with Gasteiger partial charge in [0.2, 0.25) is 0 Å². The Kier molecular flexibility index (Phi) is 1.96. The van der Waals surface area contributed by atoms with Crippen LogP contribution >= 0.6 is 12.6 Å². The number of benzene rings is 1. The Hall–Kier alpha value is -1.09. The molecule has 0 amide bonds. The van der Waals surface area contributed by atoms with E-state index < -0.39 is 0 Å². The third-order valence-electron chi connectivity index (χ3n) is 1.84. The van der Waals surface area contributed by atoms with E-state index in [1.807, 2.05) is 12.3 Å². The number of aromatic amines is 1. The van der Waals surface area contributed by atoms with Crippen molar-refractivity contribution < 1.29 is 0 Å². The Labute approximate surface area is 76.4 Å². The van der Waals surface area contributed by atoms with Crippen molar-refractivity contribution >= 4 is 29.2 Å². The average Bonchev–Trinajstić information content (AvgIpc) is 2.51. The van der Waals surface area contributed by atoms with E-state index in [-0.39, 0.29) is 0 Å². The van der Waals surface area contributed by atoms with E-state index in [0.717, 1.165) is 5.69 Å². The van der Waals surface area contributed by atoms with E-state index in [9.17, 15) is 0 Å². The zero-order chi connectivity index (χ0) is 8.39. The van der Waals surface area contributed by atoms with Crippen LogP contribution in [0.4, 0.5) is 5.69 Å². The maximum Gasteiger partial charge on any atom is 0.0581 e. The monoisotopic (exact) mass is 178 g/mol. The van der Waals surface area contributed by atoms with Crippen LogP contribution in [0.5, 0.6) is 0 Å². The van der Waals surface area contributed by atoms with Crippen LogP contribution in [0.2, 0.25) is 0 Å². The van der Waals surface area contributed by atoms with Gasteiger partial charge >= 0.3 is 0 Å². The smallest absolute Gasteiger partial charge is 0.0581 e. The van der Waals surface area contributed by atoms with Crippen LogP contribution in [0.15, 0.2) is 30.5 Å². The number of anilines is 1. The second-order valence-electron chi connectivity index (χ2n) is 2.61. The van der Waals surface area contributed by atoms with E-state index in [4.69, 9.17) is 0 Å². The van der Waals surface area contributed by atoms with E-state index in [0.29, 0.717) is 5.88 Å². The first-order valence-electron chi connectivity index (χ1n) is 3.82. The van der Waals surface area contributed by atoms with Crippen LogP contribution in [-0.2, 0) is 0 Å². The fourth-order valence-corrected chi connectivity index (χ4v) is 1.44. The van der Waals surface area contributed by atoms with Crippen molar-refractivity contribution in [1.29, 1.82) is 0 Å². The highest BCUT2D eigenvalue weighted by atomic mass is 32.1. The molecule has 0 aliphatic heterocycles. The molecule has 2 nitrogen and oxygen atoms in total. The molecule has 0 unspecified atom stereocenters. The van der Waals surface area contributed by atoms with Crippen LogP contribution in [0.1, 0.15) is 0 Å². The Morgan fingerprint density at radius 2 is 2.25 bits per heavy atom. The Balaban J connectivity index is 2.46. The van der Waals surface area contributed by atoms with Crippen LogP contribution < -0.4 is 5.32 Å². The third-order valence-corrected chi connectivity index (χ3v) is 1.99. The summed E-state index contributed by atoms with van der Waals surface area (Å²) in [7, 11) is 0. The van der Waals surface area contributed by atoms with Gasteiger partial charge < -0.3 is 10.3 Å². The van der Waals surface area contributed by atoms with Crippen molar-refractivity contribution in [2.24, 2.45) is 0 Å². The molecular weight excluding hydrogens is 168 g/mol. The largest absolute Gasteiger partial charge is 0.376 e. The summed E-state index contributed by atoms with van der Waals surface area (Å²) in [6, 6.07) is 8.25. The summed E-state index contributed by atoms with van der Waals surface area (Å²) in [5, 5.41) is 4.36. The molecule has 0 aliphatic carbocycles. The normalized spacial score (nSPS) is 10.4. The molecule has 1 aromatic heterocycles. The fourth-order valence-electron chi connectivity index (χ4n) is 1.25. The van der Waals surface area contributed by atoms with E-state index in [1.165, 1.54) is 10.9 Å². The van der Waals surface area contributed by atoms with Crippen LogP contribution in [-0.4, -0.2) is 10.9 Å². The summed E-state index contributed by atoms with van der Waals surface area (Å²) in [6.07, 6.45) is 1.94. The van der Waals surface area contributed by atoms with Crippen molar-refractivity contribution in [3.63, 3.8) is 0 Å². The summed E-state index contributed by atoms with van der Waals surface area (Å²) < 4.78 is 0. The molecule has 0 bridgehead atoms. The molecule has 0 spiro atoms. The molecule has 0 fully saturated rings. The quantitative estimate of drug-likeness (QED) is 0.478. The van der Waals surface area contributed by atoms with Crippen molar-refractivity contribution in [2.75, 3.05) is 11.2 Å². The topological polar surface area (TPSA) is 27.8 Å². The zero-order valence-electron chi connectivity index (χ0n) is 6.54. The number of nitrogens with one attached hydrogen (secondary N) is 2. The second kappa shape index (κ2) is 3.11. The molecule has 1 aromatic carbocycles. The summed E-state index contributed by atoms with van der Waals surface area (Å²) in [5.74, 6) is 0.663. The molecule has 2 aromatic rings. The van der Waals surface area contributed by atoms with E-state index >= 15 is 0 Å². The SMILES string of the molecule is SCNc1ccc2[nH]ccc2c1. The molecule has 12 heavy (non-hydrogen) atoms. The van der Waals surface area contributed by atoms with Crippen LogP contribution in [0, 0.1) is 0 Å². The third kappa shape index (κ3) is 1.28. The lowest BCUT2D eigenvalue weighted by Crippen LogP contribution is -1.92. The van der Waals surface area contributed by atoms with Gasteiger partial charge in [0.25, 0.3) is 0 Å². The minimum Gasteiger partial charge on any atom is -0.376 e. The van der Waals surface area contributed by atoms with Crippen molar-refractivity contribution in [2.45, 2.75) is 0 Å². The standard InChI is InChI=1S/C9H10N2S/c12-6-11-8-1-2-9-7(5-8)3-4-10-9/h1-5,10-12H,6H2. The lowest BCUT2D eigenvalue weighted by molar-refractivity contribution is 1.46. The molecular formula is C9H10N2S. The van der Waals surface area contributed by atoms with Gasteiger partial charge in [0.1, 0.15) is 0 Å². The predicted molar refractivity (Wildman–Crippen MR) is 55.8 cm³/mol. The zero-order valence-corrected chi connectivity index (χ0v) is 7.44. The Bertz CT molecular complexity index is 381. The number of aromatic nitrogens is 1. The molecule has 1 heterocycles. The van der Waals surface area contributed by atoms with Crippen molar-refractivity contribution in [1.82, 2.24) is 4.98 Å². The molecule has 0 saturated heterocycles. The van der Waals surface area contributed by atoms with Gasteiger partial charge in [-0.05, 0) is 24.3 Å². The van der Waals surface area contributed by atoms with E-state index in [1.54, 1.807) is 0 Å². The van der Waals surface area contributed by atoms with Crippen LogP contribution in [0.3, 0.4) is 0 Å². The highest BCUT2D eigenvalue weighted by molar-refractivity contribution is 7.80. The molecule has 0 saturated carbocycles. The average molecular weight is 178 g/mol. The second-order valence-corrected chi connectivity index (χ2v) is 2.93. The number of thiol groups is 1. The number of H-pyrrole nitrogens is 1. The Morgan fingerprint density at radius 3 is 3.08 bits per heavy atom. The first-order chi connectivity index (χ1) is 5.90. The lowest BCUT2D eigenvalue weighted by atomic mass is 10.2. The summed E-state index contributed by atoms with van der Waals surface area (Å²) in [6.45, 7) is 0. The van der Waals surface area contributed by atoms with Crippen molar-refractivity contribution in [3.05, 3.63) is 30.5 Å². The maximum atomic E-state index is 4.09.